The highest BCUT2D eigenvalue weighted by atomic mass is 16.5. The molecule has 4 aromatic carbocycles. The van der Waals surface area contributed by atoms with Gasteiger partial charge in [-0.15, -0.1) is 0 Å². The summed E-state index contributed by atoms with van der Waals surface area (Å²) in [6, 6.07) is 33.9. The number of aromatic nitrogens is 6. The number of anilines is 2. The Balaban J connectivity index is 0.977. The molecular weight excluding hydrogens is 1070 g/mol. The fraction of sp³-hybridized carbons (Fsp3) is 0.328. The molecule has 18 heteroatoms. The number of hydrogen-bond acceptors (Lipinski definition) is 11. The fourth-order valence-electron chi connectivity index (χ4n) is 11.1. The van der Waals surface area contributed by atoms with Crippen molar-refractivity contribution in [2.75, 3.05) is 36.6 Å². The minimum atomic E-state index is -1.26. The van der Waals surface area contributed by atoms with Crippen molar-refractivity contribution >= 4 is 40.9 Å². The molecule has 0 radical (unpaired) electrons. The molecule has 4 aromatic heterocycles. The molecule has 4 atom stereocenters. The Kier molecular flexibility index (Phi) is 17.5. The van der Waals surface area contributed by atoms with E-state index in [0.717, 1.165) is 28.7 Å². The predicted molar refractivity (Wildman–Crippen MR) is 325 cm³/mol. The maximum Gasteiger partial charge on any atom is 0.279 e. The highest BCUT2D eigenvalue weighted by molar-refractivity contribution is 6.10. The molecule has 0 saturated carbocycles. The summed E-state index contributed by atoms with van der Waals surface area (Å²) < 4.78 is 13.3. The molecule has 438 valence electrons. The number of fused-ring (bicyclic) bond motifs is 1. The molecule has 8 aromatic rings. The van der Waals surface area contributed by atoms with Crippen molar-refractivity contribution in [3.63, 3.8) is 0 Å². The number of ether oxygens (including phenoxy) is 2. The quantitative estimate of drug-likeness (QED) is 0.0736. The van der Waals surface area contributed by atoms with Gasteiger partial charge in [-0.25, -0.2) is 15.0 Å². The van der Waals surface area contributed by atoms with Crippen molar-refractivity contribution < 1.29 is 33.4 Å². The lowest BCUT2D eigenvalue weighted by Gasteiger charge is -2.35. The first-order valence-corrected chi connectivity index (χ1v) is 28.9. The Labute approximate surface area is 496 Å². The number of hydrogen-bond donors (Lipinski definition) is 3. The summed E-state index contributed by atoms with van der Waals surface area (Å²) in [7, 11) is 1.56. The van der Waals surface area contributed by atoms with E-state index in [1.807, 2.05) is 79.7 Å². The lowest BCUT2D eigenvalue weighted by Crippen LogP contribution is -2.50. The van der Waals surface area contributed by atoms with Gasteiger partial charge in [-0.1, -0.05) is 115 Å². The molecule has 2 unspecified atom stereocenters. The Morgan fingerprint density at radius 1 is 0.706 bits per heavy atom. The number of carbonyl (C=O) groups is 5. The number of H-pyrrole nitrogens is 1. The summed E-state index contributed by atoms with van der Waals surface area (Å²) in [6.07, 6.45) is 12.7. The Morgan fingerprint density at radius 2 is 1.36 bits per heavy atom. The van der Waals surface area contributed by atoms with Crippen LogP contribution in [0.4, 0.5) is 11.4 Å². The molecule has 1 aliphatic heterocycles. The van der Waals surface area contributed by atoms with E-state index >= 15 is 14.4 Å². The molecule has 2 aliphatic rings. The Morgan fingerprint density at radius 3 is 1.96 bits per heavy atom. The van der Waals surface area contributed by atoms with Gasteiger partial charge in [0.25, 0.3) is 17.7 Å². The molecule has 1 aliphatic carbocycles. The largest absolute Gasteiger partial charge is 0.497 e. The van der Waals surface area contributed by atoms with Gasteiger partial charge in [0, 0.05) is 85.0 Å². The van der Waals surface area contributed by atoms with Gasteiger partial charge in [0.15, 0.2) is 0 Å². The number of imidazole rings is 2. The smallest absolute Gasteiger partial charge is 0.279 e. The number of aromatic amines is 1. The second-order valence-corrected chi connectivity index (χ2v) is 23.7. The second kappa shape index (κ2) is 25.3. The van der Waals surface area contributed by atoms with Crippen molar-refractivity contribution in [2.24, 2.45) is 0 Å². The molecule has 18 nitrogen and oxygen atoms in total. The normalized spacial score (nSPS) is 16.0. The van der Waals surface area contributed by atoms with Crippen LogP contribution in [-0.4, -0.2) is 103 Å². The van der Waals surface area contributed by atoms with E-state index in [1.54, 1.807) is 89.9 Å². The minimum Gasteiger partial charge on any atom is -0.497 e. The van der Waals surface area contributed by atoms with Gasteiger partial charge in [0.05, 0.1) is 31.8 Å². The second-order valence-electron chi connectivity index (χ2n) is 23.7. The van der Waals surface area contributed by atoms with Crippen LogP contribution in [0.5, 0.6) is 5.75 Å². The number of rotatable bonds is 18. The zero-order chi connectivity index (χ0) is 60.0. The van der Waals surface area contributed by atoms with Crippen LogP contribution in [0.2, 0.25) is 0 Å². The molecule has 3 N–H and O–H groups in total. The number of benzene rings is 4. The van der Waals surface area contributed by atoms with Gasteiger partial charge in [-0.2, -0.15) is 0 Å². The van der Waals surface area contributed by atoms with E-state index in [0.29, 0.717) is 78.6 Å². The van der Waals surface area contributed by atoms with Gasteiger partial charge in [-0.05, 0) is 107 Å². The summed E-state index contributed by atoms with van der Waals surface area (Å²) in [4.78, 5) is 100. The van der Waals surface area contributed by atoms with Gasteiger partial charge >= 0.3 is 0 Å². The zero-order valence-electron chi connectivity index (χ0n) is 49.4. The lowest BCUT2D eigenvalue weighted by molar-refractivity contribution is -0.124. The molecule has 0 bridgehead atoms. The fourth-order valence-corrected chi connectivity index (χ4v) is 11.1. The molecule has 1 saturated heterocycles. The van der Waals surface area contributed by atoms with E-state index in [1.165, 1.54) is 28.7 Å². The van der Waals surface area contributed by atoms with Crippen LogP contribution in [0.15, 0.2) is 165 Å². The number of methoxy groups -OCH3 is 1. The minimum absolute atomic E-state index is 0.0146. The molecular formula is C67H73N11O7. The van der Waals surface area contributed by atoms with Crippen LogP contribution in [0.3, 0.4) is 0 Å². The van der Waals surface area contributed by atoms with Crippen LogP contribution in [-0.2, 0) is 31.6 Å². The third kappa shape index (κ3) is 13.1. The van der Waals surface area contributed by atoms with Crippen molar-refractivity contribution in [2.45, 2.75) is 115 Å². The van der Waals surface area contributed by atoms with Crippen molar-refractivity contribution in [3.8, 4) is 11.6 Å². The number of carbonyl (C=O) groups excluding carboxylic acids is 5. The maximum atomic E-state index is 15.4. The van der Waals surface area contributed by atoms with E-state index in [4.69, 9.17) is 14.5 Å². The van der Waals surface area contributed by atoms with Crippen LogP contribution in [0, 0.1) is 0 Å². The summed E-state index contributed by atoms with van der Waals surface area (Å²) >= 11 is 0. The van der Waals surface area contributed by atoms with Gasteiger partial charge in [-0.3, -0.25) is 43.3 Å². The maximum absolute atomic E-state index is 15.4. The lowest BCUT2D eigenvalue weighted by atomic mass is 9.87. The summed E-state index contributed by atoms with van der Waals surface area (Å²) in [5, 5.41) is 6.56. The van der Waals surface area contributed by atoms with Crippen molar-refractivity contribution in [3.05, 3.63) is 215 Å². The molecule has 0 spiro atoms. The van der Waals surface area contributed by atoms with E-state index in [2.05, 4.69) is 72.1 Å². The molecule has 5 heterocycles. The number of nitrogens with zero attached hydrogens (tertiary/aromatic N) is 8. The van der Waals surface area contributed by atoms with Crippen LogP contribution in [0.1, 0.15) is 151 Å². The SMILES string of the molecule is CCCO[C@H]1Cc2ccccc2[C@H]1NC(=O)C(c1ccc(-n2cnc(C(=O)N(c3ccc(C(C)(C)C)cc3)C(C(=O)NC3CCN(C(=O)c4cccc(OC)c4)CC3)c3cccnc3)c2)nc1)N(C(=O)c1cnc[nH]1)c1ccc(C(C)(C)C)cc1. The molecule has 85 heavy (non-hydrogen) atoms. The molecule has 10 rings (SSSR count). The van der Waals surface area contributed by atoms with E-state index in [9.17, 15) is 9.59 Å². The number of piperidine rings is 1. The first-order chi connectivity index (χ1) is 40.9. The Hall–Kier alpha value is -9.29. The van der Waals surface area contributed by atoms with E-state index in [-0.39, 0.29) is 40.3 Å². The third-order valence-corrected chi connectivity index (χ3v) is 15.8. The van der Waals surface area contributed by atoms with Crippen LogP contribution < -0.4 is 25.2 Å². The molecule has 1 fully saturated rings. The number of nitrogens with one attached hydrogen (secondary N) is 3. The van der Waals surface area contributed by atoms with Gasteiger partial charge < -0.3 is 30.0 Å². The summed E-state index contributed by atoms with van der Waals surface area (Å²) in [6.45, 7) is 16.0. The van der Waals surface area contributed by atoms with Crippen molar-refractivity contribution in [1.29, 1.82) is 0 Å². The van der Waals surface area contributed by atoms with Gasteiger partial charge in [0.2, 0.25) is 11.8 Å². The average Bonchev–Trinajstić information content (AvgIpc) is 2.66. The average molecular weight is 1140 g/mol. The standard InChI is InChI=1S/C67H73N11O7/c1-9-34-85-56-36-43-14-10-11-18-53(43)58(56)74-62(80)60(77(64(82)54-39-69-41-71-54)50-24-20-47(21-25-50)66(2,3)4)46-19-28-57(70-38-46)76-40-55(72-42-76)65(83)78(51-26-22-48(23-27-51)67(5,6)7)59(45-16-13-31-68-37-45)61(79)73-49-29-32-75(33-30-49)63(81)44-15-12-17-52(35-44)84-8/h10-28,31,35,37-42,49,56,58-60H,9,29-30,32-34,36H2,1-8H3,(H,69,71)(H,73,79)(H,74,80)/t56-,58+,59?,60?/m0/s1. The highest BCUT2D eigenvalue weighted by Crippen LogP contribution is 2.38. The molecule has 5 amide bonds. The van der Waals surface area contributed by atoms with Crippen molar-refractivity contribution in [1.82, 2.24) is 45.0 Å². The predicted octanol–water partition coefficient (Wildman–Crippen LogP) is 10.4. The highest BCUT2D eigenvalue weighted by Gasteiger charge is 2.41. The zero-order valence-corrected chi connectivity index (χ0v) is 49.4. The first-order valence-electron chi connectivity index (χ1n) is 28.9. The number of pyridine rings is 2. The monoisotopic (exact) mass is 1140 g/mol. The van der Waals surface area contributed by atoms with Crippen LogP contribution in [0.25, 0.3) is 5.82 Å². The Bertz CT molecular complexity index is 3620. The number of amides is 5. The summed E-state index contributed by atoms with van der Waals surface area (Å²) in [5.41, 5.74) is 6.19. The third-order valence-electron chi connectivity index (χ3n) is 15.8. The van der Waals surface area contributed by atoms with E-state index < -0.39 is 41.8 Å². The first kappa shape index (κ1) is 58.9. The number of likely N-dealkylation sites (tertiary alicyclic amines) is 1. The van der Waals surface area contributed by atoms with Gasteiger partial charge in [0.1, 0.15) is 41.4 Å². The van der Waals surface area contributed by atoms with Crippen LogP contribution >= 0.6 is 0 Å². The summed E-state index contributed by atoms with van der Waals surface area (Å²) in [5.74, 6) is -1.13. The topological polar surface area (TPSA) is 210 Å².